The number of hydrogen-bond acceptors (Lipinski definition) is 3. The van der Waals surface area contributed by atoms with Crippen molar-refractivity contribution < 1.29 is 4.79 Å². The first-order valence-corrected chi connectivity index (χ1v) is 6.67. The zero-order chi connectivity index (χ0) is 13.0. The predicted octanol–water partition coefficient (Wildman–Crippen LogP) is 2.37. The van der Waals surface area contributed by atoms with Crippen LogP contribution in [-0.4, -0.2) is 5.91 Å². The lowest BCUT2D eigenvalue weighted by molar-refractivity contribution is -0.122. The van der Waals surface area contributed by atoms with Gasteiger partial charge >= 0.3 is 0 Å². The molecule has 2 rings (SSSR count). The van der Waals surface area contributed by atoms with Crippen molar-refractivity contribution in [2.75, 3.05) is 0 Å². The first-order valence-electron chi connectivity index (χ1n) is 5.79. The lowest BCUT2D eigenvalue weighted by Crippen LogP contribution is -2.33. The molecule has 0 fully saturated rings. The molecule has 0 spiro atoms. The zero-order valence-electron chi connectivity index (χ0n) is 10.2. The molecule has 0 aliphatic heterocycles. The number of benzene rings is 1. The van der Waals surface area contributed by atoms with Crippen molar-refractivity contribution in [3.63, 3.8) is 0 Å². The average Bonchev–Trinajstić information content (AvgIpc) is 2.81. The molecule has 1 amide bonds. The Morgan fingerprint density at radius 3 is 2.67 bits per heavy atom. The Balaban J connectivity index is 1.95. The van der Waals surface area contributed by atoms with Crippen molar-refractivity contribution in [1.29, 1.82) is 0 Å². The molecule has 1 aromatic carbocycles. The highest BCUT2D eigenvalue weighted by atomic mass is 32.1. The summed E-state index contributed by atoms with van der Waals surface area (Å²) in [7, 11) is 0. The number of hydrogen-bond donors (Lipinski definition) is 2. The fourth-order valence-corrected chi connectivity index (χ4v) is 2.52. The van der Waals surface area contributed by atoms with E-state index >= 15 is 0 Å². The van der Waals surface area contributed by atoms with Gasteiger partial charge in [-0.1, -0.05) is 30.3 Å². The van der Waals surface area contributed by atoms with Gasteiger partial charge in [-0.15, -0.1) is 11.3 Å². The van der Waals surface area contributed by atoms with Crippen molar-refractivity contribution in [1.82, 2.24) is 5.32 Å². The highest BCUT2D eigenvalue weighted by Gasteiger charge is 2.15. The van der Waals surface area contributed by atoms with Crippen LogP contribution in [0.4, 0.5) is 0 Å². The minimum atomic E-state index is -0.605. The van der Waals surface area contributed by atoms with Crippen molar-refractivity contribution in [3.05, 3.63) is 57.8 Å². The summed E-state index contributed by atoms with van der Waals surface area (Å²) in [6.07, 6.45) is 0. The van der Waals surface area contributed by atoms with E-state index in [1.54, 1.807) is 11.3 Å². The molecule has 1 heterocycles. The van der Waals surface area contributed by atoms with Crippen LogP contribution in [0.1, 0.15) is 22.0 Å². The van der Waals surface area contributed by atoms with Crippen molar-refractivity contribution in [2.45, 2.75) is 19.5 Å². The molecule has 0 aliphatic carbocycles. The van der Waals surface area contributed by atoms with E-state index in [0.717, 1.165) is 5.56 Å². The summed E-state index contributed by atoms with van der Waals surface area (Å²) in [5.74, 6) is -0.144. The van der Waals surface area contributed by atoms with Crippen LogP contribution in [0.2, 0.25) is 0 Å². The summed E-state index contributed by atoms with van der Waals surface area (Å²) in [5, 5.41) is 4.89. The highest BCUT2D eigenvalue weighted by Crippen LogP contribution is 2.15. The number of carbonyl (C=O) groups is 1. The van der Waals surface area contributed by atoms with Gasteiger partial charge in [0, 0.05) is 4.88 Å². The Bertz CT molecular complexity index is 522. The molecule has 0 radical (unpaired) electrons. The maximum atomic E-state index is 11.9. The number of rotatable bonds is 4. The summed E-state index contributed by atoms with van der Waals surface area (Å²) in [4.78, 5) is 13.1. The van der Waals surface area contributed by atoms with E-state index in [1.165, 1.54) is 10.4 Å². The minimum Gasteiger partial charge on any atom is -0.350 e. The third kappa shape index (κ3) is 2.97. The molecule has 1 aromatic heterocycles. The molecule has 0 saturated heterocycles. The number of amides is 1. The third-order valence-electron chi connectivity index (χ3n) is 2.83. The lowest BCUT2D eigenvalue weighted by atomic mass is 10.1. The number of nitrogens with two attached hydrogens (primary N) is 1. The second kappa shape index (κ2) is 5.80. The number of thiophene rings is 1. The number of nitrogens with one attached hydrogen (secondary N) is 1. The van der Waals surface area contributed by atoms with E-state index < -0.39 is 6.04 Å². The number of aryl methyl sites for hydroxylation is 1. The first-order chi connectivity index (χ1) is 8.68. The second-order valence-corrected chi connectivity index (χ2v) is 5.13. The van der Waals surface area contributed by atoms with E-state index in [9.17, 15) is 4.79 Å². The fourth-order valence-electron chi connectivity index (χ4n) is 1.67. The van der Waals surface area contributed by atoms with E-state index in [2.05, 4.69) is 5.32 Å². The molecule has 4 heteroatoms. The minimum absolute atomic E-state index is 0.144. The smallest absolute Gasteiger partial charge is 0.241 e. The van der Waals surface area contributed by atoms with Gasteiger partial charge in [0.25, 0.3) is 0 Å². The second-order valence-electron chi connectivity index (χ2n) is 4.13. The van der Waals surface area contributed by atoms with Gasteiger partial charge in [-0.25, -0.2) is 0 Å². The van der Waals surface area contributed by atoms with Gasteiger partial charge in [-0.05, 0) is 29.5 Å². The maximum Gasteiger partial charge on any atom is 0.241 e. The fraction of sp³-hybridized carbons (Fsp3) is 0.214. The third-order valence-corrected chi connectivity index (χ3v) is 3.86. The van der Waals surface area contributed by atoms with Crippen LogP contribution in [0, 0.1) is 6.92 Å². The Kier molecular flexibility index (Phi) is 4.12. The van der Waals surface area contributed by atoms with Gasteiger partial charge in [0.05, 0.1) is 6.54 Å². The summed E-state index contributed by atoms with van der Waals surface area (Å²) in [5.41, 5.74) is 7.94. The van der Waals surface area contributed by atoms with Crippen LogP contribution in [-0.2, 0) is 11.3 Å². The first kappa shape index (κ1) is 12.8. The van der Waals surface area contributed by atoms with Crippen LogP contribution in [0.5, 0.6) is 0 Å². The van der Waals surface area contributed by atoms with Crippen molar-refractivity contribution >= 4 is 17.2 Å². The standard InChI is InChI=1S/C14H16N2OS/c1-10-7-8-18-12(10)9-16-14(17)13(15)11-5-3-2-4-6-11/h2-8,13H,9,15H2,1H3,(H,16,17)/t13-/m0/s1. The van der Waals surface area contributed by atoms with Gasteiger partial charge in [0.15, 0.2) is 0 Å². The molecule has 0 bridgehead atoms. The van der Waals surface area contributed by atoms with Crippen molar-refractivity contribution in [2.24, 2.45) is 5.73 Å². The molecule has 3 nitrogen and oxygen atoms in total. The zero-order valence-corrected chi connectivity index (χ0v) is 11.0. The van der Waals surface area contributed by atoms with Gasteiger partial charge in [-0.2, -0.15) is 0 Å². The molecule has 0 saturated carbocycles. The Morgan fingerprint density at radius 1 is 1.33 bits per heavy atom. The van der Waals surface area contributed by atoms with Crippen LogP contribution >= 0.6 is 11.3 Å². The maximum absolute atomic E-state index is 11.9. The molecule has 94 valence electrons. The normalized spacial score (nSPS) is 12.1. The lowest BCUT2D eigenvalue weighted by Gasteiger charge is -2.12. The van der Waals surface area contributed by atoms with Crippen molar-refractivity contribution in [3.8, 4) is 0 Å². The topological polar surface area (TPSA) is 55.1 Å². The molecule has 2 aromatic rings. The number of carbonyl (C=O) groups excluding carboxylic acids is 1. The largest absolute Gasteiger partial charge is 0.350 e. The van der Waals surface area contributed by atoms with Gasteiger partial charge in [0.2, 0.25) is 5.91 Å². The van der Waals surface area contributed by atoms with Gasteiger partial charge < -0.3 is 11.1 Å². The van der Waals surface area contributed by atoms with E-state index in [1.807, 2.05) is 48.7 Å². The molecule has 18 heavy (non-hydrogen) atoms. The Hall–Kier alpha value is -1.65. The molecule has 3 N–H and O–H groups in total. The monoisotopic (exact) mass is 260 g/mol. The SMILES string of the molecule is Cc1ccsc1CNC(=O)[C@@H](N)c1ccccc1. The highest BCUT2D eigenvalue weighted by molar-refractivity contribution is 7.10. The molecule has 0 unspecified atom stereocenters. The van der Waals surface area contributed by atoms with Crippen LogP contribution in [0.15, 0.2) is 41.8 Å². The van der Waals surface area contributed by atoms with E-state index in [0.29, 0.717) is 6.54 Å². The Morgan fingerprint density at radius 2 is 2.06 bits per heavy atom. The molecular weight excluding hydrogens is 244 g/mol. The summed E-state index contributed by atoms with van der Waals surface area (Å²) < 4.78 is 0. The van der Waals surface area contributed by atoms with Crippen LogP contribution in [0.25, 0.3) is 0 Å². The average molecular weight is 260 g/mol. The van der Waals surface area contributed by atoms with Crippen LogP contribution in [0.3, 0.4) is 0 Å². The van der Waals surface area contributed by atoms with Gasteiger partial charge in [-0.3, -0.25) is 4.79 Å². The molecular formula is C14H16N2OS. The summed E-state index contributed by atoms with van der Waals surface area (Å²) >= 11 is 1.64. The van der Waals surface area contributed by atoms with E-state index in [4.69, 9.17) is 5.73 Å². The quantitative estimate of drug-likeness (QED) is 0.886. The predicted molar refractivity (Wildman–Crippen MR) is 74.3 cm³/mol. The van der Waals surface area contributed by atoms with Crippen LogP contribution < -0.4 is 11.1 Å². The van der Waals surface area contributed by atoms with E-state index in [-0.39, 0.29) is 5.91 Å². The Labute approximate surface area is 111 Å². The van der Waals surface area contributed by atoms with Gasteiger partial charge in [0.1, 0.15) is 6.04 Å². The molecule has 0 aliphatic rings. The summed E-state index contributed by atoms with van der Waals surface area (Å²) in [6.45, 7) is 2.58. The molecule has 1 atom stereocenters. The summed E-state index contributed by atoms with van der Waals surface area (Å²) in [6, 6.07) is 10.8.